The minimum absolute atomic E-state index is 0.0524. The van der Waals surface area contributed by atoms with Crippen LogP contribution >= 0.6 is 0 Å². The number of benzene rings is 1. The Labute approximate surface area is 203 Å². The predicted octanol–water partition coefficient (Wildman–Crippen LogP) is 3.83. The Kier molecular flexibility index (Phi) is 9.09. The molecule has 3 atom stereocenters. The second kappa shape index (κ2) is 12.0. The van der Waals surface area contributed by atoms with E-state index in [2.05, 4.69) is 61.7 Å². The zero-order chi connectivity index (χ0) is 24.7. The Hall–Kier alpha value is -2.88. The first-order chi connectivity index (χ1) is 16.3. The molecule has 1 aliphatic heterocycles. The molecule has 0 unspecified atom stereocenters. The van der Waals surface area contributed by atoms with Gasteiger partial charge in [0.15, 0.2) is 0 Å². The first-order valence-electron chi connectivity index (χ1n) is 12.1. The van der Waals surface area contributed by atoms with E-state index in [0.29, 0.717) is 36.0 Å². The average molecular weight is 464 g/mol. The largest absolute Gasteiger partial charge is 0.472 e. The highest BCUT2D eigenvalue weighted by Gasteiger charge is 2.34. The first-order valence-corrected chi connectivity index (χ1v) is 12.1. The lowest BCUT2D eigenvalue weighted by molar-refractivity contribution is 0.0325. The van der Waals surface area contributed by atoms with Gasteiger partial charge in [-0.05, 0) is 31.5 Å². The van der Waals surface area contributed by atoms with Gasteiger partial charge in [-0.3, -0.25) is 9.69 Å². The molecule has 34 heavy (non-hydrogen) atoms. The fourth-order valence-corrected chi connectivity index (χ4v) is 4.01. The molecule has 0 aliphatic carbocycles. The highest BCUT2D eigenvalue weighted by molar-refractivity contribution is 5.97. The summed E-state index contributed by atoms with van der Waals surface area (Å²) in [6.45, 7) is 10.1. The quantitative estimate of drug-likeness (QED) is 0.632. The van der Waals surface area contributed by atoms with Gasteiger partial charge >= 0.3 is 0 Å². The number of amides is 1. The van der Waals surface area contributed by atoms with Crippen LogP contribution in [0.5, 0.6) is 5.88 Å². The normalized spacial score (nSPS) is 19.1. The van der Waals surface area contributed by atoms with Crippen LogP contribution in [-0.2, 0) is 6.54 Å². The van der Waals surface area contributed by atoms with Crippen LogP contribution in [0.25, 0.3) is 0 Å². The Balaban J connectivity index is 1.89. The molecule has 0 radical (unpaired) electrons. The summed E-state index contributed by atoms with van der Waals surface area (Å²) in [6, 6.07) is 11.8. The smallest absolute Gasteiger partial charge is 0.259 e. The van der Waals surface area contributed by atoms with Gasteiger partial charge in [-0.2, -0.15) is 0 Å². The summed E-state index contributed by atoms with van der Waals surface area (Å²) in [7, 11) is 2.07. The molecule has 2 heterocycles. The second-order valence-corrected chi connectivity index (χ2v) is 9.78. The lowest BCUT2D eigenvalue weighted by atomic mass is 9.99. The molecule has 1 aromatic carbocycles. The van der Waals surface area contributed by atoms with Crippen LogP contribution in [0.15, 0.2) is 42.6 Å². The zero-order valence-electron chi connectivity index (χ0n) is 21.0. The molecule has 1 amide bonds. The first kappa shape index (κ1) is 25.7. The van der Waals surface area contributed by atoms with Gasteiger partial charge in [-0.15, -0.1) is 0 Å². The highest BCUT2D eigenvalue weighted by atomic mass is 16.5. The molecule has 1 aliphatic rings. The zero-order valence-corrected chi connectivity index (χ0v) is 21.0. The van der Waals surface area contributed by atoms with Gasteiger partial charge < -0.3 is 14.7 Å². The number of carbonyl (C=O) groups is 1. The maximum Gasteiger partial charge on any atom is 0.259 e. The van der Waals surface area contributed by atoms with Crippen molar-refractivity contribution in [2.75, 3.05) is 26.7 Å². The number of pyridine rings is 1. The molecule has 0 saturated heterocycles. The van der Waals surface area contributed by atoms with E-state index in [4.69, 9.17) is 4.74 Å². The molecule has 0 spiro atoms. The predicted molar refractivity (Wildman–Crippen MR) is 135 cm³/mol. The SMILES string of the molecule is CC(C)CC#Cc1cnc2c(c1)C(=O)N([C@H](C)CO)C[C@@H](C)[C@@H](CN(C)Cc1ccccc1)O2. The number of aliphatic hydroxyl groups excluding tert-OH is 1. The standard InChI is InChI=1S/C28H37N3O3/c1-20(2)10-9-13-24-14-25-27(29-15-24)34-26(18-30(5)17-23-11-7-6-8-12-23)21(3)16-31(28(25)33)22(4)19-32/h6-8,11-12,14-15,20-22,26,32H,10,16-19H2,1-5H3/t21-,22-,26-/m1/s1. The van der Waals surface area contributed by atoms with Crippen molar-refractivity contribution in [3.05, 3.63) is 59.3 Å². The average Bonchev–Trinajstić information content (AvgIpc) is 2.81. The molecular formula is C28H37N3O3. The van der Waals surface area contributed by atoms with E-state index in [1.165, 1.54) is 5.56 Å². The van der Waals surface area contributed by atoms with E-state index in [9.17, 15) is 9.90 Å². The Morgan fingerprint density at radius 1 is 1.26 bits per heavy atom. The molecule has 0 fully saturated rings. The van der Waals surface area contributed by atoms with Crippen molar-refractivity contribution in [1.29, 1.82) is 0 Å². The minimum atomic E-state index is -0.306. The third-order valence-corrected chi connectivity index (χ3v) is 6.05. The van der Waals surface area contributed by atoms with Crippen LogP contribution in [0.3, 0.4) is 0 Å². The van der Waals surface area contributed by atoms with Crippen molar-refractivity contribution in [2.24, 2.45) is 11.8 Å². The summed E-state index contributed by atoms with van der Waals surface area (Å²) in [4.78, 5) is 22.0. The molecule has 1 aromatic heterocycles. The summed E-state index contributed by atoms with van der Waals surface area (Å²) < 4.78 is 6.38. The topological polar surface area (TPSA) is 65.9 Å². The van der Waals surface area contributed by atoms with Gasteiger partial charge in [0.25, 0.3) is 5.91 Å². The number of hydrogen-bond donors (Lipinski definition) is 1. The lowest BCUT2D eigenvalue weighted by Crippen LogP contribution is -2.49. The Morgan fingerprint density at radius 2 is 2.00 bits per heavy atom. The number of aliphatic hydroxyl groups is 1. The summed E-state index contributed by atoms with van der Waals surface area (Å²) in [6.07, 6.45) is 2.29. The van der Waals surface area contributed by atoms with Crippen LogP contribution in [-0.4, -0.2) is 64.7 Å². The van der Waals surface area contributed by atoms with Gasteiger partial charge in [0, 0.05) is 43.7 Å². The molecule has 3 rings (SSSR count). The van der Waals surface area contributed by atoms with E-state index in [1.54, 1.807) is 17.2 Å². The van der Waals surface area contributed by atoms with Crippen molar-refractivity contribution in [2.45, 2.75) is 52.8 Å². The number of fused-ring (bicyclic) bond motifs is 1. The molecule has 0 saturated carbocycles. The van der Waals surface area contributed by atoms with E-state index in [-0.39, 0.29) is 30.6 Å². The number of aromatic nitrogens is 1. The maximum absolute atomic E-state index is 13.5. The third kappa shape index (κ3) is 6.82. The highest BCUT2D eigenvalue weighted by Crippen LogP contribution is 2.27. The van der Waals surface area contributed by atoms with Crippen molar-refractivity contribution < 1.29 is 14.6 Å². The van der Waals surface area contributed by atoms with Crippen LogP contribution in [0.4, 0.5) is 0 Å². The minimum Gasteiger partial charge on any atom is -0.472 e. The van der Waals surface area contributed by atoms with Crippen LogP contribution in [0.1, 0.15) is 55.6 Å². The summed E-state index contributed by atoms with van der Waals surface area (Å²) >= 11 is 0. The number of nitrogens with zero attached hydrogens (tertiary/aromatic N) is 3. The second-order valence-electron chi connectivity index (χ2n) is 9.78. The molecule has 6 heteroatoms. The van der Waals surface area contributed by atoms with Crippen molar-refractivity contribution >= 4 is 5.91 Å². The third-order valence-electron chi connectivity index (χ3n) is 6.05. The number of carbonyl (C=O) groups excluding carboxylic acids is 1. The molecule has 0 bridgehead atoms. The fraction of sp³-hybridized carbons (Fsp3) is 0.500. The molecule has 6 nitrogen and oxygen atoms in total. The van der Waals surface area contributed by atoms with Crippen molar-refractivity contribution in [3.63, 3.8) is 0 Å². The molecule has 2 aromatic rings. The summed E-state index contributed by atoms with van der Waals surface area (Å²) in [5.41, 5.74) is 2.33. The Morgan fingerprint density at radius 3 is 2.68 bits per heavy atom. The summed E-state index contributed by atoms with van der Waals surface area (Å²) in [5, 5.41) is 9.83. The Bertz CT molecular complexity index is 1010. The lowest BCUT2D eigenvalue weighted by Gasteiger charge is -2.37. The van der Waals surface area contributed by atoms with E-state index < -0.39 is 0 Å². The molecule has 1 N–H and O–H groups in total. The monoisotopic (exact) mass is 463 g/mol. The van der Waals surface area contributed by atoms with Crippen molar-refractivity contribution in [1.82, 2.24) is 14.8 Å². The fourth-order valence-electron chi connectivity index (χ4n) is 4.01. The van der Waals surface area contributed by atoms with Crippen LogP contribution in [0.2, 0.25) is 0 Å². The number of ether oxygens (including phenoxy) is 1. The van der Waals surface area contributed by atoms with Gasteiger partial charge in [0.05, 0.1) is 12.6 Å². The maximum atomic E-state index is 13.5. The number of rotatable bonds is 7. The van der Waals surface area contributed by atoms with Crippen LogP contribution < -0.4 is 4.74 Å². The van der Waals surface area contributed by atoms with Crippen molar-refractivity contribution in [3.8, 4) is 17.7 Å². The summed E-state index contributed by atoms with van der Waals surface area (Å²) in [5.74, 6) is 6.96. The van der Waals surface area contributed by atoms with Gasteiger partial charge in [0.1, 0.15) is 11.7 Å². The van der Waals surface area contributed by atoms with Crippen LogP contribution in [0, 0.1) is 23.7 Å². The van der Waals surface area contributed by atoms with E-state index in [0.717, 1.165) is 13.0 Å². The van der Waals surface area contributed by atoms with E-state index in [1.807, 2.05) is 25.1 Å². The number of likely N-dealkylation sites (N-methyl/N-ethyl adjacent to an activating group) is 1. The van der Waals surface area contributed by atoms with Gasteiger partial charge in [0.2, 0.25) is 5.88 Å². The van der Waals surface area contributed by atoms with Gasteiger partial charge in [-0.1, -0.05) is 62.9 Å². The molecular weight excluding hydrogens is 426 g/mol. The molecule has 182 valence electrons. The van der Waals surface area contributed by atoms with Gasteiger partial charge in [-0.25, -0.2) is 4.98 Å². The number of hydrogen-bond acceptors (Lipinski definition) is 5. The van der Waals surface area contributed by atoms with E-state index >= 15 is 0 Å².